The first-order chi connectivity index (χ1) is 10.0. The van der Waals surface area contributed by atoms with Crippen LogP contribution in [-0.2, 0) is 9.59 Å². The summed E-state index contributed by atoms with van der Waals surface area (Å²) in [4.78, 5) is 25.1. The maximum absolute atomic E-state index is 11.8. The van der Waals surface area contributed by atoms with Crippen molar-refractivity contribution in [1.29, 1.82) is 0 Å². The summed E-state index contributed by atoms with van der Waals surface area (Å²) in [5.41, 5.74) is 3.55. The summed E-state index contributed by atoms with van der Waals surface area (Å²) in [7, 11) is 0. The standard InChI is InChI=1S/C17H24N2O2/c1-4-7-18-15(11-19-16(20)5-6-17(19)21)14-9-12(2)8-13(3)10-14/h8-10,15,18H,4-7,11H2,1-3H3. The van der Waals surface area contributed by atoms with Crippen molar-refractivity contribution in [2.24, 2.45) is 0 Å². The monoisotopic (exact) mass is 288 g/mol. The SMILES string of the molecule is CCCNC(CN1C(=O)CCC1=O)c1cc(C)cc(C)c1. The molecule has 1 saturated heterocycles. The quantitative estimate of drug-likeness (QED) is 0.818. The van der Waals surface area contributed by atoms with Gasteiger partial charge in [-0.25, -0.2) is 0 Å². The Bertz CT molecular complexity index is 503. The van der Waals surface area contributed by atoms with Crippen molar-refractivity contribution in [3.05, 3.63) is 34.9 Å². The summed E-state index contributed by atoms with van der Waals surface area (Å²) in [5.74, 6) is -0.0969. The highest BCUT2D eigenvalue weighted by Gasteiger charge is 2.31. The van der Waals surface area contributed by atoms with Crippen molar-refractivity contribution in [3.63, 3.8) is 0 Å². The molecule has 0 bridgehead atoms. The number of nitrogens with zero attached hydrogens (tertiary/aromatic N) is 1. The molecule has 1 atom stereocenters. The molecule has 114 valence electrons. The van der Waals surface area contributed by atoms with Crippen molar-refractivity contribution in [3.8, 4) is 0 Å². The van der Waals surface area contributed by atoms with Crippen LogP contribution in [-0.4, -0.2) is 29.8 Å². The molecule has 1 N–H and O–H groups in total. The molecule has 21 heavy (non-hydrogen) atoms. The molecule has 1 aliphatic rings. The van der Waals surface area contributed by atoms with Crippen molar-refractivity contribution in [2.75, 3.05) is 13.1 Å². The van der Waals surface area contributed by atoms with Gasteiger partial charge in [-0.2, -0.15) is 0 Å². The smallest absolute Gasteiger partial charge is 0.229 e. The van der Waals surface area contributed by atoms with E-state index in [-0.39, 0.29) is 17.9 Å². The Hall–Kier alpha value is -1.68. The highest BCUT2D eigenvalue weighted by molar-refractivity contribution is 6.01. The third kappa shape index (κ3) is 3.91. The van der Waals surface area contributed by atoms with Gasteiger partial charge in [-0.05, 0) is 32.4 Å². The summed E-state index contributed by atoms with van der Waals surface area (Å²) in [6.45, 7) is 7.55. The number of benzene rings is 1. The molecule has 1 aliphatic heterocycles. The Labute approximate surface area is 126 Å². The molecular formula is C17H24N2O2. The summed E-state index contributed by atoms with van der Waals surface area (Å²) in [6.07, 6.45) is 1.72. The minimum Gasteiger partial charge on any atom is -0.308 e. The molecule has 4 heteroatoms. The number of aryl methyl sites for hydroxylation is 2. The number of nitrogens with one attached hydrogen (secondary N) is 1. The van der Waals surface area contributed by atoms with E-state index in [1.807, 2.05) is 0 Å². The lowest BCUT2D eigenvalue weighted by Gasteiger charge is -2.24. The van der Waals surface area contributed by atoms with Gasteiger partial charge in [-0.15, -0.1) is 0 Å². The first-order valence-electron chi connectivity index (χ1n) is 7.66. The van der Waals surface area contributed by atoms with Gasteiger partial charge in [-0.1, -0.05) is 36.2 Å². The lowest BCUT2D eigenvalue weighted by molar-refractivity contribution is -0.138. The second-order valence-electron chi connectivity index (χ2n) is 5.83. The van der Waals surface area contributed by atoms with Gasteiger partial charge in [0.15, 0.2) is 0 Å². The average Bonchev–Trinajstić information content (AvgIpc) is 2.73. The fourth-order valence-corrected chi connectivity index (χ4v) is 2.83. The summed E-state index contributed by atoms with van der Waals surface area (Å²) < 4.78 is 0. The summed E-state index contributed by atoms with van der Waals surface area (Å²) in [6, 6.07) is 6.40. The second kappa shape index (κ2) is 6.85. The van der Waals surface area contributed by atoms with Gasteiger partial charge >= 0.3 is 0 Å². The van der Waals surface area contributed by atoms with Gasteiger partial charge in [-0.3, -0.25) is 14.5 Å². The fourth-order valence-electron chi connectivity index (χ4n) is 2.83. The number of carbonyl (C=O) groups is 2. The summed E-state index contributed by atoms with van der Waals surface area (Å²) in [5, 5.41) is 3.46. The molecule has 0 saturated carbocycles. The zero-order valence-electron chi connectivity index (χ0n) is 13.1. The predicted molar refractivity (Wildman–Crippen MR) is 82.9 cm³/mol. The number of imide groups is 1. The van der Waals surface area contributed by atoms with Crippen molar-refractivity contribution >= 4 is 11.8 Å². The normalized spacial score (nSPS) is 16.6. The lowest BCUT2D eigenvalue weighted by atomic mass is 10.0. The molecule has 1 unspecified atom stereocenters. The molecule has 2 rings (SSSR count). The van der Waals surface area contributed by atoms with Crippen LogP contribution in [0.3, 0.4) is 0 Å². The van der Waals surface area contributed by atoms with Crippen LogP contribution in [0.1, 0.15) is 48.9 Å². The molecule has 1 heterocycles. The van der Waals surface area contributed by atoms with Gasteiger partial charge in [0.05, 0.1) is 6.04 Å². The van der Waals surface area contributed by atoms with E-state index in [1.54, 1.807) is 0 Å². The van der Waals surface area contributed by atoms with Gasteiger partial charge in [0.1, 0.15) is 0 Å². The van der Waals surface area contributed by atoms with Crippen LogP contribution in [0.15, 0.2) is 18.2 Å². The largest absolute Gasteiger partial charge is 0.308 e. The third-order valence-electron chi connectivity index (χ3n) is 3.81. The highest BCUT2D eigenvalue weighted by atomic mass is 16.2. The minimum absolute atomic E-state index is 0.00884. The number of carbonyl (C=O) groups excluding carboxylic acids is 2. The van der Waals surface area contributed by atoms with E-state index in [0.717, 1.165) is 18.5 Å². The van der Waals surface area contributed by atoms with Gasteiger partial charge in [0, 0.05) is 19.4 Å². The number of rotatable bonds is 6. The van der Waals surface area contributed by atoms with E-state index in [0.29, 0.717) is 19.4 Å². The van der Waals surface area contributed by atoms with Crippen LogP contribution in [0, 0.1) is 13.8 Å². The first-order valence-corrected chi connectivity index (χ1v) is 7.66. The molecule has 0 spiro atoms. The van der Waals surface area contributed by atoms with E-state index in [1.165, 1.54) is 16.0 Å². The van der Waals surface area contributed by atoms with E-state index < -0.39 is 0 Å². The predicted octanol–water partition coefficient (Wildman–Crippen LogP) is 2.49. The molecule has 0 radical (unpaired) electrons. The van der Waals surface area contributed by atoms with Gasteiger partial charge in [0.2, 0.25) is 11.8 Å². The van der Waals surface area contributed by atoms with Crippen LogP contribution < -0.4 is 5.32 Å². The Kier molecular flexibility index (Phi) is 5.12. The minimum atomic E-state index is -0.0485. The molecule has 1 aromatic rings. The average molecular weight is 288 g/mol. The van der Waals surface area contributed by atoms with Crippen LogP contribution in [0.4, 0.5) is 0 Å². The zero-order valence-corrected chi connectivity index (χ0v) is 13.1. The molecule has 1 aromatic carbocycles. The number of amides is 2. The Morgan fingerprint density at radius 3 is 2.19 bits per heavy atom. The van der Waals surface area contributed by atoms with Crippen molar-refractivity contribution in [1.82, 2.24) is 10.2 Å². The van der Waals surface area contributed by atoms with E-state index in [9.17, 15) is 9.59 Å². The van der Waals surface area contributed by atoms with E-state index in [2.05, 4.69) is 44.3 Å². The lowest BCUT2D eigenvalue weighted by Crippen LogP contribution is -2.38. The summed E-state index contributed by atoms with van der Waals surface area (Å²) >= 11 is 0. The molecular weight excluding hydrogens is 264 g/mol. The molecule has 2 amide bonds. The van der Waals surface area contributed by atoms with E-state index in [4.69, 9.17) is 0 Å². The number of hydrogen-bond acceptors (Lipinski definition) is 3. The molecule has 0 aromatic heterocycles. The highest BCUT2D eigenvalue weighted by Crippen LogP contribution is 2.21. The van der Waals surface area contributed by atoms with Crippen molar-refractivity contribution in [2.45, 2.75) is 46.1 Å². The topological polar surface area (TPSA) is 49.4 Å². The van der Waals surface area contributed by atoms with Crippen molar-refractivity contribution < 1.29 is 9.59 Å². The molecule has 1 fully saturated rings. The second-order valence-corrected chi connectivity index (χ2v) is 5.83. The molecule has 4 nitrogen and oxygen atoms in total. The third-order valence-corrected chi connectivity index (χ3v) is 3.81. The maximum atomic E-state index is 11.8. The maximum Gasteiger partial charge on any atom is 0.229 e. The van der Waals surface area contributed by atoms with Crippen LogP contribution >= 0.6 is 0 Å². The fraction of sp³-hybridized carbons (Fsp3) is 0.529. The van der Waals surface area contributed by atoms with E-state index >= 15 is 0 Å². The van der Waals surface area contributed by atoms with Crippen LogP contribution in [0.5, 0.6) is 0 Å². The zero-order chi connectivity index (χ0) is 15.4. The number of likely N-dealkylation sites (tertiary alicyclic amines) is 1. The van der Waals surface area contributed by atoms with Crippen LogP contribution in [0.2, 0.25) is 0 Å². The Morgan fingerprint density at radius 1 is 1.10 bits per heavy atom. The van der Waals surface area contributed by atoms with Crippen LogP contribution in [0.25, 0.3) is 0 Å². The van der Waals surface area contributed by atoms with Gasteiger partial charge < -0.3 is 5.32 Å². The number of hydrogen-bond donors (Lipinski definition) is 1. The van der Waals surface area contributed by atoms with Gasteiger partial charge in [0.25, 0.3) is 0 Å². The Morgan fingerprint density at radius 2 is 1.67 bits per heavy atom. The first kappa shape index (κ1) is 15.7. The molecule has 0 aliphatic carbocycles. The Balaban J connectivity index is 2.21.